The van der Waals surface area contributed by atoms with E-state index >= 15 is 0 Å². The smallest absolute Gasteiger partial charge is 0.244 e. The lowest BCUT2D eigenvalue weighted by atomic mass is 10.1. The minimum absolute atomic E-state index is 0.265. The maximum Gasteiger partial charge on any atom is 0.244 e. The number of benzene rings is 2. The van der Waals surface area contributed by atoms with Crippen molar-refractivity contribution in [2.45, 2.75) is 33.2 Å². The van der Waals surface area contributed by atoms with Gasteiger partial charge in [0.25, 0.3) is 0 Å². The van der Waals surface area contributed by atoms with Crippen molar-refractivity contribution in [3.8, 4) is 5.75 Å². The fourth-order valence-corrected chi connectivity index (χ4v) is 4.40. The molecule has 8 heteroatoms. The molecule has 1 N–H and O–H groups in total. The Labute approximate surface area is 177 Å². The van der Waals surface area contributed by atoms with Crippen LogP contribution in [-0.2, 0) is 14.8 Å². The number of nitrogens with one attached hydrogen (secondary N) is 1. The summed E-state index contributed by atoms with van der Waals surface area (Å²) < 4.78 is 31.6. The number of anilines is 1. The lowest BCUT2D eigenvalue weighted by molar-refractivity contribution is -0.122. The van der Waals surface area contributed by atoms with Crippen molar-refractivity contribution < 1.29 is 17.9 Å². The molecule has 1 atom stereocenters. The minimum atomic E-state index is -3.67. The molecule has 2 rings (SSSR count). The van der Waals surface area contributed by atoms with Crippen molar-refractivity contribution in [3.63, 3.8) is 0 Å². The highest BCUT2D eigenvalue weighted by molar-refractivity contribution is 7.92. The van der Waals surface area contributed by atoms with Crippen molar-refractivity contribution in [1.29, 1.82) is 0 Å². The third-order valence-corrected chi connectivity index (χ3v) is 5.83. The molecule has 0 aromatic heterocycles. The second kappa shape index (κ2) is 9.98. The Balaban J connectivity index is 2.04. The molecule has 29 heavy (non-hydrogen) atoms. The molecule has 0 heterocycles. The lowest BCUT2D eigenvalue weighted by Gasteiger charge is -2.30. The van der Waals surface area contributed by atoms with Gasteiger partial charge in [-0.25, -0.2) is 8.42 Å². The average Bonchev–Trinajstić information content (AvgIpc) is 2.64. The molecular weight excluding hydrogens is 412 g/mol. The second-order valence-corrected chi connectivity index (χ2v) is 9.16. The molecule has 0 aliphatic rings. The van der Waals surface area contributed by atoms with Crippen LogP contribution in [0.1, 0.15) is 24.5 Å². The number of amides is 1. The number of carbonyl (C=O) groups excluding carboxylic acids is 1. The minimum Gasteiger partial charge on any atom is -0.491 e. The highest BCUT2D eigenvalue weighted by Gasteiger charge is 2.31. The van der Waals surface area contributed by atoms with Crippen LogP contribution in [0.4, 0.5) is 5.69 Å². The Kier molecular flexibility index (Phi) is 7.93. The van der Waals surface area contributed by atoms with E-state index in [1.807, 2.05) is 32.0 Å². The first-order valence-corrected chi connectivity index (χ1v) is 11.6. The van der Waals surface area contributed by atoms with Gasteiger partial charge in [-0.3, -0.25) is 9.10 Å². The van der Waals surface area contributed by atoms with Gasteiger partial charge >= 0.3 is 0 Å². The number of aryl methyl sites for hydroxylation is 2. The summed E-state index contributed by atoms with van der Waals surface area (Å²) in [5.41, 5.74) is 2.57. The Morgan fingerprint density at radius 3 is 2.38 bits per heavy atom. The van der Waals surface area contributed by atoms with E-state index in [0.717, 1.165) is 27.4 Å². The number of rotatable bonds is 9. The van der Waals surface area contributed by atoms with E-state index in [0.29, 0.717) is 17.1 Å². The summed E-state index contributed by atoms with van der Waals surface area (Å²) in [6.07, 6.45) is 1.40. The van der Waals surface area contributed by atoms with E-state index in [-0.39, 0.29) is 19.1 Å². The van der Waals surface area contributed by atoms with Crippen molar-refractivity contribution in [2.75, 3.05) is 23.7 Å². The first kappa shape index (κ1) is 23.0. The summed E-state index contributed by atoms with van der Waals surface area (Å²) in [6, 6.07) is 11.4. The largest absolute Gasteiger partial charge is 0.491 e. The molecule has 0 saturated heterocycles. The van der Waals surface area contributed by atoms with Crippen molar-refractivity contribution >= 4 is 33.2 Å². The van der Waals surface area contributed by atoms with Gasteiger partial charge < -0.3 is 10.1 Å². The fraction of sp³-hybridized carbons (Fsp3) is 0.381. The summed E-state index contributed by atoms with van der Waals surface area (Å²) in [5, 5.41) is 3.26. The van der Waals surface area contributed by atoms with Crippen LogP contribution in [0.3, 0.4) is 0 Å². The van der Waals surface area contributed by atoms with Gasteiger partial charge in [0.15, 0.2) is 0 Å². The Bertz CT molecular complexity index is 946. The van der Waals surface area contributed by atoms with Crippen LogP contribution < -0.4 is 14.4 Å². The number of halogens is 1. The normalized spacial score (nSPS) is 12.3. The summed E-state index contributed by atoms with van der Waals surface area (Å²) in [5.74, 6) is 0.382. The standard InChI is InChI=1S/C21H27ClN2O4S/c1-5-19(24(29(4,26)27)18-9-7-17(22)8-10-18)21(25)23-12-13-28-20-11-6-15(2)14-16(20)3/h6-11,14,19H,5,12-13H2,1-4H3,(H,23,25)/t19-/m0/s1. The lowest BCUT2D eigenvalue weighted by Crippen LogP contribution is -2.50. The van der Waals surface area contributed by atoms with E-state index in [1.165, 1.54) is 0 Å². The first-order valence-electron chi connectivity index (χ1n) is 9.36. The molecule has 0 fully saturated rings. The van der Waals surface area contributed by atoms with Gasteiger partial charge in [-0.15, -0.1) is 0 Å². The highest BCUT2D eigenvalue weighted by atomic mass is 35.5. The molecule has 0 radical (unpaired) electrons. The van der Waals surface area contributed by atoms with Gasteiger partial charge in [-0.2, -0.15) is 0 Å². The number of hydrogen-bond acceptors (Lipinski definition) is 4. The van der Waals surface area contributed by atoms with E-state index in [1.54, 1.807) is 31.2 Å². The zero-order valence-electron chi connectivity index (χ0n) is 17.1. The third kappa shape index (κ3) is 6.37. The molecule has 0 aliphatic heterocycles. The molecule has 1 amide bonds. The molecule has 2 aromatic carbocycles. The van der Waals surface area contributed by atoms with Crippen LogP contribution in [0.15, 0.2) is 42.5 Å². The van der Waals surface area contributed by atoms with Gasteiger partial charge in [-0.1, -0.05) is 36.2 Å². The molecule has 2 aromatic rings. The summed E-state index contributed by atoms with van der Waals surface area (Å²) in [4.78, 5) is 12.7. The summed E-state index contributed by atoms with van der Waals surface area (Å²) >= 11 is 5.90. The Morgan fingerprint density at radius 1 is 1.17 bits per heavy atom. The number of carbonyl (C=O) groups is 1. The van der Waals surface area contributed by atoms with Gasteiger partial charge in [0.2, 0.25) is 15.9 Å². The van der Waals surface area contributed by atoms with Crippen molar-refractivity contribution in [3.05, 3.63) is 58.6 Å². The fourth-order valence-electron chi connectivity index (χ4n) is 3.06. The topological polar surface area (TPSA) is 75.7 Å². The van der Waals surface area contributed by atoms with Crippen molar-refractivity contribution in [1.82, 2.24) is 5.32 Å². The molecule has 0 spiro atoms. The Morgan fingerprint density at radius 2 is 1.83 bits per heavy atom. The zero-order chi connectivity index (χ0) is 21.6. The highest BCUT2D eigenvalue weighted by Crippen LogP contribution is 2.24. The van der Waals surface area contributed by atoms with Crippen LogP contribution in [0.25, 0.3) is 0 Å². The predicted octanol–water partition coefficient (Wildman–Crippen LogP) is 3.70. The molecule has 0 unspecified atom stereocenters. The summed E-state index contributed by atoms with van der Waals surface area (Å²) in [7, 11) is -3.67. The molecule has 0 aliphatic carbocycles. The zero-order valence-corrected chi connectivity index (χ0v) is 18.7. The van der Waals surface area contributed by atoms with Crippen LogP contribution >= 0.6 is 11.6 Å². The molecule has 0 saturated carbocycles. The number of ether oxygens (including phenoxy) is 1. The van der Waals surface area contributed by atoms with E-state index < -0.39 is 16.1 Å². The van der Waals surface area contributed by atoms with Crippen LogP contribution in [0.5, 0.6) is 5.75 Å². The summed E-state index contributed by atoms with van der Waals surface area (Å²) in [6.45, 7) is 6.29. The third-order valence-electron chi connectivity index (χ3n) is 4.40. The van der Waals surface area contributed by atoms with Gasteiger partial charge in [0, 0.05) is 5.02 Å². The van der Waals surface area contributed by atoms with Gasteiger partial charge in [-0.05, 0) is 56.2 Å². The molecule has 6 nitrogen and oxygen atoms in total. The van der Waals surface area contributed by atoms with Gasteiger partial charge in [0.1, 0.15) is 18.4 Å². The quantitative estimate of drug-likeness (QED) is 0.606. The number of sulfonamides is 1. The van der Waals surface area contributed by atoms with E-state index in [4.69, 9.17) is 16.3 Å². The predicted molar refractivity (Wildman–Crippen MR) is 117 cm³/mol. The van der Waals surface area contributed by atoms with Gasteiger partial charge in [0.05, 0.1) is 18.5 Å². The van der Waals surface area contributed by atoms with E-state index in [2.05, 4.69) is 5.32 Å². The number of hydrogen-bond donors (Lipinski definition) is 1. The first-order chi connectivity index (χ1) is 13.6. The average molecular weight is 439 g/mol. The Hall–Kier alpha value is -2.25. The second-order valence-electron chi connectivity index (χ2n) is 6.87. The molecule has 158 valence electrons. The monoisotopic (exact) mass is 438 g/mol. The van der Waals surface area contributed by atoms with Crippen LogP contribution in [0.2, 0.25) is 5.02 Å². The van der Waals surface area contributed by atoms with Crippen molar-refractivity contribution in [2.24, 2.45) is 0 Å². The maximum atomic E-state index is 12.7. The maximum absolute atomic E-state index is 12.7. The van der Waals surface area contributed by atoms with Crippen LogP contribution in [0, 0.1) is 13.8 Å². The van der Waals surface area contributed by atoms with Crippen LogP contribution in [-0.4, -0.2) is 39.8 Å². The molecular formula is C21H27ClN2O4S. The SMILES string of the molecule is CC[C@@H](C(=O)NCCOc1ccc(C)cc1C)N(c1ccc(Cl)cc1)S(C)(=O)=O. The van der Waals surface area contributed by atoms with E-state index in [9.17, 15) is 13.2 Å². The molecule has 0 bridgehead atoms. The number of nitrogens with zero attached hydrogens (tertiary/aromatic N) is 1.